The van der Waals surface area contributed by atoms with Gasteiger partial charge in [0.25, 0.3) is 5.91 Å². The van der Waals surface area contributed by atoms with E-state index in [-0.39, 0.29) is 11.5 Å². The highest BCUT2D eigenvalue weighted by Gasteiger charge is 2.12. The summed E-state index contributed by atoms with van der Waals surface area (Å²) in [6.07, 6.45) is 4.49. The number of rotatable bonds is 7. The molecule has 1 amide bonds. The van der Waals surface area contributed by atoms with Crippen molar-refractivity contribution in [1.82, 2.24) is 5.32 Å². The topological polar surface area (TPSA) is 29.1 Å². The summed E-state index contributed by atoms with van der Waals surface area (Å²) in [6.45, 7) is 4.91. The molecule has 0 saturated carbocycles. The van der Waals surface area contributed by atoms with Crippen LogP contribution in [0.1, 0.15) is 49.9 Å². The number of nitrogens with one attached hydrogen (secondary N) is 1. The zero-order valence-electron chi connectivity index (χ0n) is 11.2. The van der Waals surface area contributed by atoms with Crippen LogP contribution >= 0.6 is 0 Å². The largest absolute Gasteiger partial charge is 0.352 e. The Morgan fingerprint density at radius 3 is 2.67 bits per heavy atom. The van der Waals surface area contributed by atoms with Crippen molar-refractivity contribution in [2.45, 2.75) is 39.5 Å². The minimum Gasteiger partial charge on any atom is -0.352 e. The number of amides is 1. The van der Waals surface area contributed by atoms with Gasteiger partial charge in [-0.1, -0.05) is 45.2 Å². The second-order valence-corrected chi connectivity index (χ2v) is 4.61. The van der Waals surface area contributed by atoms with Crippen LogP contribution in [0, 0.1) is 11.7 Å². The Kier molecular flexibility index (Phi) is 6.40. The minimum atomic E-state index is -0.461. The van der Waals surface area contributed by atoms with E-state index in [1.165, 1.54) is 18.6 Å². The zero-order chi connectivity index (χ0) is 13.4. The second kappa shape index (κ2) is 7.85. The fraction of sp³-hybridized carbons (Fsp3) is 0.533. The smallest absolute Gasteiger partial charge is 0.254 e. The monoisotopic (exact) mass is 251 g/mol. The van der Waals surface area contributed by atoms with Crippen LogP contribution in [-0.2, 0) is 0 Å². The van der Waals surface area contributed by atoms with Gasteiger partial charge >= 0.3 is 0 Å². The molecule has 0 spiro atoms. The molecule has 18 heavy (non-hydrogen) atoms. The molecule has 0 saturated heterocycles. The van der Waals surface area contributed by atoms with Crippen LogP contribution in [0.5, 0.6) is 0 Å². The van der Waals surface area contributed by atoms with Crippen molar-refractivity contribution >= 4 is 5.91 Å². The summed E-state index contributed by atoms with van der Waals surface area (Å²) in [5, 5.41) is 2.82. The molecule has 1 aromatic carbocycles. The van der Waals surface area contributed by atoms with Gasteiger partial charge in [-0.25, -0.2) is 4.39 Å². The first-order chi connectivity index (χ1) is 8.69. The second-order valence-electron chi connectivity index (χ2n) is 4.61. The lowest BCUT2D eigenvalue weighted by molar-refractivity contribution is 0.0942. The van der Waals surface area contributed by atoms with E-state index in [0.717, 1.165) is 19.3 Å². The van der Waals surface area contributed by atoms with E-state index in [2.05, 4.69) is 19.2 Å². The third-order valence-corrected chi connectivity index (χ3v) is 3.21. The van der Waals surface area contributed by atoms with Gasteiger partial charge in [-0.15, -0.1) is 0 Å². The average Bonchev–Trinajstić information content (AvgIpc) is 2.39. The number of carbonyl (C=O) groups is 1. The van der Waals surface area contributed by atoms with Crippen molar-refractivity contribution in [1.29, 1.82) is 0 Å². The molecule has 1 atom stereocenters. The summed E-state index contributed by atoms with van der Waals surface area (Å²) in [4.78, 5) is 11.8. The molecule has 3 heteroatoms. The summed E-state index contributed by atoms with van der Waals surface area (Å²) >= 11 is 0. The Hall–Kier alpha value is -1.38. The van der Waals surface area contributed by atoms with E-state index in [1.807, 2.05) is 0 Å². The van der Waals surface area contributed by atoms with Gasteiger partial charge in [0.1, 0.15) is 5.82 Å². The van der Waals surface area contributed by atoms with E-state index < -0.39 is 5.82 Å². The molecule has 1 aromatic rings. The lowest BCUT2D eigenvalue weighted by atomic mass is 9.99. The van der Waals surface area contributed by atoms with E-state index >= 15 is 0 Å². The van der Waals surface area contributed by atoms with Gasteiger partial charge in [-0.05, 0) is 24.5 Å². The molecule has 0 aromatic heterocycles. The summed E-state index contributed by atoms with van der Waals surface area (Å²) in [5.41, 5.74) is 0.128. The molecule has 0 bridgehead atoms. The molecule has 0 aliphatic carbocycles. The highest BCUT2D eigenvalue weighted by atomic mass is 19.1. The number of carbonyl (C=O) groups excluding carboxylic acids is 1. The van der Waals surface area contributed by atoms with Crippen LogP contribution in [-0.4, -0.2) is 12.5 Å². The predicted octanol–water partition coefficient (Wildman–Crippen LogP) is 3.77. The van der Waals surface area contributed by atoms with Crippen LogP contribution in [0.25, 0.3) is 0 Å². The maximum absolute atomic E-state index is 13.4. The lowest BCUT2D eigenvalue weighted by Gasteiger charge is -2.15. The molecule has 0 unspecified atom stereocenters. The van der Waals surface area contributed by atoms with Crippen molar-refractivity contribution in [3.05, 3.63) is 35.6 Å². The third-order valence-electron chi connectivity index (χ3n) is 3.21. The SMILES string of the molecule is CCCC[C@@H](CC)CNC(=O)c1ccccc1F. The van der Waals surface area contributed by atoms with Gasteiger partial charge in [0.15, 0.2) is 0 Å². The fourth-order valence-electron chi connectivity index (χ4n) is 1.92. The average molecular weight is 251 g/mol. The normalized spacial score (nSPS) is 12.2. The Morgan fingerprint density at radius 1 is 1.33 bits per heavy atom. The first-order valence-electron chi connectivity index (χ1n) is 6.71. The van der Waals surface area contributed by atoms with Crippen molar-refractivity contribution in [3.8, 4) is 0 Å². The Labute approximate surface area is 109 Å². The van der Waals surface area contributed by atoms with E-state index in [9.17, 15) is 9.18 Å². The quantitative estimate of drug-likeness (QED) is 0.785. The highest BCUT2D eigenvalue weighted by Crippen LogP contribution is 2.12. The van der Waals surface area contributed by atoms with Crippen LogP contribution in [0.4, 0.5) is 4.39 Å². The molecule has 0 fully saturated rings. The van der Waals surface area contributed by atoms with Crippen LogP contribution in [0.3, 0.4) is 0 Å². The Morgan fingerprint density at radius 2 is 2.06 bits per heavy atom. The van der Waals surface area contributed by atoms with Crippen molar-refractivity contribution in [2.75, 3.05) is 6.54 Å². The molecule has 0 aliphatic heterocycles. The summed E-state index contributed by atoms with van der Waals surface area (Å²) in [5.74, 6) is -0.291. The fourth-order valence-corrected chi connectivity index (χ4v) is 1.92. The molecule has 0 radical (unpaired) electrons. The van der Waals surface area contributed by atoms with Crippen LogP contribution in [0.15, 0.2) is 24.3 Å². The molecule has 0 heterocycles. The molecule has 1 N–H and O–H groups in total. The maximum Gasteiger partial charge on any atom is 0.254 e. The molecule has 1 rings (SSSR count). The number of unbranched alkanes of at least 4 members (excludes halogenated alkanes) is 1. The van der Waals surface area contributed by atoms with Gasteiger partial charge in [0, 0.05) is 6.54 Å². The summed E-state index contributed by atoms with van der Waals surface area (Å²) in [6, 6.07) is 6.08. The molecule has 2 nitrogen and oxygen atoms in total. The predicted molar refractivity (Wildman–Crippen MR) is 72.0 cm³/mol. The van der Waals surface area contributed by atoms with Crippen molar-refractivity contribution in [2.24, 2.45) is 5.92 Å². The number of hydrogen-bond donors (Lipinski definition) is 1. The maximum atomic E-state index is 13.4. The summed E-state index contributed by atoms with van der Waals surface area (Å²) < 4.78 is 13.4. The Bertz CT molecular complexity index is 379. The molecule has 0 aliphatic rings. The van der Waals surface area contributed by atoms with Gasteiger partial charge in [0.05, 0.1) is 5.56 Å². The zero-order valence-corrected chi connectivity index (χ0v) is 11.2. The minimum absolute atomic E-state index is 0.128. The molecule has 100 valence electrons. The van der Waals surface area contributed by atoms with Crippen molar-refractivity contribution < 1.29 is 9.18 Å². The highest BCUT2D eigenvalue weighted by molar-refractivity contribution is 5.94. The van der Waals surface area contributed by atoms with Crippen LogP contribution in [0.2, 0.25) is 0 Å². The third kappa shape index (κ3) is 4.47. The van der Waals surface area contributed by atoms with E-state index in [1.54, 1.807) is 12.1 Å². The lowest BCUT2D eigenvalue weighted by Crippen LogP contribution is -2.29. The van der Waals surface area contributed by atoms with Gasteiger partial charge in [-0.2, -0.15) is 0 Å². The standard InChI is InChI=1S/C15H22FNO/c1-3-5-8-12(4-2)11-17-15(18)13-9-6-7-10-14(13)16/h6-7,9-10,12H,3-5,8,11H2,1-2H3,(H,17,18)/t12-/m1/s1. The first kappa shape index (κ1) is 14.7. The van der Waals surface area contributed by atoms with Gasteiger partial charge in [-0.3, -0.25) is 4.79 Å². The van der Waals surface area contributed by atoms with E-state index in [4.69, 9.17) is 0 Å². The Balaban J connectivity index is 2.47. The number of benzene rings is 1. The van der Waals surface area contributed by atoms with Crippen LogP contribution < -0.4 is 5.32 Å². The van der Waals surface area contributed by atoms with Crippen molar-refractivity contribution in [3.63, 3.8) is 0 Å². The first-order valence-corrected chi connectivity index (χ1v) is 6.71. The number of hydrogen-bond acceptors (Lipinski definition) is 1. The molecular formula is C15H22FNO. The van der Waals surface area contributed by atoms with E-state index in [0.29, 0.717) is 12.5 Å². The van der Waals surface area contributed by atoms with Gasteiger partial charge < -0.3 is 5.32 Å². The number of halogens is 1. The molecular weight excluding hydrogens is 229 g/mol. The summed E-state index contributed by atoms with van der Waals surface area (Å²) in [7, 11) is 0. The van der Waals surface area contributed by atoms with Gasteiger partial charge in [0.2, 0.25) is 0 Å².